The van der Waals surface area contributed by atoms with Gasteiger partial charge >= 0.3 is 12.4 Å². The van der Waals surface area contributed by atoms with Gasteiger partial charge in [0, 0.05) is 28.1 Å². The summed E-state index contributed by atoms with van der Waals surface area (Å²) in [4.78, 5) is 11.6. The SMILES string of the molecule is O=C(/C=C(/Cl)c1ccc2c(c1)CC(c1cc(Cl)cc(Cl)c1)(C(F)(F)F)O2)NCC(F)(F)F. The molecule has 3 nitrogen and oxygen atoms in total. The number of ether oxygens (including phenoxy) is 1. The van der Waals surface area contributed by atoms with Gasteiger partial charge in [-0.05, 0) is 47.5 Å². The molecule has 1 heterocycles. The number of carbonyl (C=O) groups is 1. The number of carbonyl (C=O) groups excluding carboxylic acids is 1. The quantitative estimate of drug-likeness (QED) is 0.364. The van der Waals surface area contributed by atoms with Crippen LogP contribution in [0.3, 0.4) is 0 Å². The monoisotopic (exact) mass is 517 g/mol. The van der Waals surface area contributed by atoms with Crippen molar-refractivity contribution >= 4 is 45.7 Å². The van der Waals surface area contributed by atoms with Gasteiger partial charge in [-0.2, -0.15) is 26.3 Å². The van der Waals surface area contributed by atoms with Crippen molar-refractivity contribution in [1.29, 1.82) is 0 Å². The number of hydrogen-bond donors (Lipinski definition) is 1. The second kappa shape index (κ2) is 8.68. The summed E-state index contributed by atoms with van der Waals surface area (Å²) in [7, 11) is 0. The number of nitrogens with one attached hydrogen (secondary N) is 1. The molecule has 0 saturated heterocycles. The van der Waals surface area contributed by atoms with Gasteiger partial charge in [-0.1, -0.05) is 34.8 Å². The first kappa shape index (κ1) is 24.5. The Morgan fingerprint density at radius 3 is 2.25 bits per heavy atom. The number of fused-ring (bicyclic) bond motifs is 1. The van der Waals surface area contributed by atoms with Crippen LogP contribution in [0.25, 0.3) is 5.03 Å². The molecule has 1 aliphatic heterocycles. The third-order valence-electron chi connectivity index (χ3n) is 4.57. The van der Waals surface area contributed by atoms with Gasteiger partial charge in [0.25, 0.3) is 0 Å². The lowest BCUT2D eigenvalue weighted by Crippen LogP contribution is -2.46. The summed E-state index contributed by atoms with van der Waals surface area (Å²) >= 11 is 17.8. The van der Waals surface area contributed by atoms with Gasteiger partial charge in [-0.15, -0.1) is 0 Å². The van der Waals surface area contributed by atoms with Crippen molar-refractivity contribution in [3.63, 3.8) is 0 Å². The lowest BCUT2D eigenvalue weighted by Gasteiger charge is -2.31. The zero-order valence-corrected chi connectivity index (χ0v) is 17.9. The van der Waals surface area contributed by atoms with E-state index < -0.39 is 36.8 Å². The molecule has 3 rings (SSSR count). The van der Waals surface area contributed by atoms with E-state index in [1.54, 1.807) is 5.32 Å². The highest BCUT2D eigenvalue weighted by Gasteiger charge is 2.61. The van der Waals surface area contributed by atoms with Gasteiger partial charge in [0.2, 0.25) is 11.5 Å². The van der Waals surface area contributed by atoms with Gasteiger partial charge < -0.3 is 10.1 Å². The molecule has 0 aromatic heterocycles. The predicted octanol–water partition coefficient (Wildman–Crippen LogP) is 6.64. The van der Waals surface area contributed by atoms with Gasteiger partial charge in [0.1, 0.15) is 12.3 Å². The maximum atomic E-state index is 14.1. The predicted molar refractivity (Wildman–Crippen MR) is 108 cm³/mol. The van der Waals surface area contributed by atoms with Crippen molar-refractivity contribution in [2.24, 2.45) is 0 Å². The van der Waals surface area contributed by atoms with E-state index in [1.807, 2.05) is 0 Å². The molecule has 172 valence electrons. The van der Waals surface area contributed by atoms with Crippen molar-refractivity contribution in [2.75, 3.05) is 6.54 Å². The van der Waals surface area contributed by atoms with E-state index in [2.05, 4.69) is 0 Å². The fraction of sp³-hybridized carbons (Fsp3) is 0.250. The summed E-state index contributed by atoms with van der Waals surface area (Å²) < 4.78 is 84.4. The van der Waals surface area contributed by atoms with Crippen LogP contribution < -0.4 is 10.1 Å². The Hall–Kier alpha value is -2.10. The van der Waals surface area contributed by atoms with Crippen LogP contribution in [0.4, 0.5) is 26.3 Å². The molecule has 1 N–H and O–H groups in total. The maximum absolute atomic E-state index is 14.1. The van der Waals surface area contributed by atoms with Gasteiger partial charge in [0.15, 0.2) is 0 Å². The molecule has 1 unspecified atom stereocenters. The highest BCUT2D eigenvalue weighted by atomic mass is 35.5. The van der Waals surface area contributed by atoms with Crippen LogP contribution >= 0.6 is 34.8 Å². The minimum absolute atomic E-state index is 0.00721. The minimum Gasteiger partial charge on any atom is -0.472 e. The molecule has 0 bridgehead atoms. The Morgan fingerprint density at radius 2 is 1.69 bits per heavy atom. The lowest BCUT2D eigenvalue weighted by molar-refractivity contribution is -0.248. The van der Waals surface area contributed by atoms with E-state index in [0.29, 0.717) is 6.08 Å². The van der Waals surface area contributed by atoms with Crippen molar-refractivity contribution in [1.82, 2.24) is 5.32 Å². The van der Waals surface area contributed by atoms with E-state index in [0.717, 1.165) is 12.1 Å². The fourth-order valence-corrected chi connectivity index (χ4v) is 3.91. The van der Waals surface area contributed by atoms with Crippen LogP contribution in [0.15, 0.2) is 42.5 Å². The molecule has 32 heavy (non-hydrogen) atoms. The van der Waals surface area contributed by atoms with Crippen LogP contribution in [0.2, 0.25) is 10.0 Å². The fourth-order valence-electron chi connectivity index (χ4n) is 3.16. The molecule has 0 saturated carbocycles. The average Bonchev–Trinajstić information content (AvgIpc) is 3.05. The van der Waals surface area contributed by atoms with Crippen LogP contribution in [0.5, 0.6) is 5.75 Å². The Labute approximate surface area is 192 Å². The third kappa shape index (κ3) is 5.27. The standard InChI is InChI=1S/C20H12Cl3F6NO2/c21-13-4-12(5-14(22)6-13)18(20(27,28)29)8-11-3-10(1-2-16(11)32-18)15(23)7-17(31)30-9-19(24,25)26/h1-7H,8-9H2,(H,30,31)/b15-7+. The van der Waals surface area contributed by atoms with E-state index in [-0.39, 0.29) is 37.5 Å². The summed E-state index contributed by atoms with van der Waals surface area (Å²) in [6, 6.07) is 7.27. The molecule has 0 fully saturated rings. The third-order valence-corrected chi connectivity index (χ3v) is 5.33. The molecular weight excluding hydrogens is 507 g/mol. The molecule has 1 atom stereocenters. The lowest BCUT2D eigenvalue weighted by atomic mass is 9.88. The summed E-state index contributed by atoms with van der Waals surface area (Å²) in [6.07, 6.45) is -9.39. The normalized spacial score (nSPS) is 18.8. The highest BCUT2D eigenvalue weighted by Crippen LogP contribution is 2.52. The second-order valence-corrected chi connectivity index (χ2v) is 8.19. The van der Waals surface area contributed by atoms with Crippen molar-refractivity contribution in [3.8, 4) is 5.75 Å². The smallest absolute Gasteiger partial charge is 0.432 e. The first-order valence-electron chi connectivity index (χ1n) is 8.77. The minimum atomic E-state index is -4.85. The Balaban J connectivity index is 1.92. The first-order chi connectivity index (χ1) is 14.7. The van der Waals surface area contributed by atoms with Crippen LogP contribution in [-0.2, 0) is 16.8 Å². The van der Waals surface area contributed by atoms with Crippen LogP contribution in [-0.4, -0.2) is 24.8 Å². The summed E-state index contributed by atoms with van der Waals surface area (Å²) in [5.41, 5.74) is -2.81. The van der Waals surface area contributed by atoms with E-state index in [9.17, 15) is 31.1 Å². The van der Waals surface area contributed by atoms with Crippen LogP contribution in [0, 0.1) is 0 Å². The summed E-state index contributed by atoms with van der Waals surface area (Å²) in [6.45, 7) is -1.55. The molecule has 12 heteroatoms. The topological polar surface area (TPSA) is 38.3 Å². The van der Waals surface area contributed by atoms with Gasteiger partial charge in [-0.25, -0.2) is 0 Å². The zero-order chi connectivity index (χ0) is 23.9. The Kier molecular flexibility index (Phi) is 6.66. The van der Waals surface area contributed by atoms with E-state index in [1.165, 1.54) is 24.3 Å². The molecule has 2 aromatic carbocycles. The number of amides is 1. The van der Waals surface area contributed by atoms with Crippen LogP contribution in [0.1, 0.15) is 16.7 Å². The van der Waals surface area contributed by atoms with Crippen molar-refractivity contribution < 1.29 is 35.9 Å². The molecule has 2 aromatic rings. The van der Waals surface area contributed by atoms with E-state index in [4.69, 9.17) is 39.5 Å². The van der Waals surface area contributed by atoms with Crippen molar-refractivity contribution in [2.45, 2.75) is 24.4 Å². The summed E-state index contributed by atoms with van der Waals surface area (Å²) in [5.74, 6) is -1.18. The number of halogens is 9. The Morgan fingerprint density at radius 1 is 1.06 bits per heavy atom. The van der Waals surface area contributed by atoms with E-state index >= 15 is 0 Å². The molecule has 0 spiro atoms. The molecular formula is C20H12Cl3F6NO2. The zero-order valence-electron chi connectivity index (χ0n) is 15.7. The molecule has 0 radical (unpaired) electrons. The highest BCUT2D eigenvalue weighted by molar-refractivity contribution is 6.50. The molecule has 0 aliphatic carbocycles. The Bertz CT molecular complexity index is 1060. The number of rotatable bonds is 4. The molecule has 1 amide bonds. The van der Waals surface area contributed by atoms with Crippen molar-refractivity contribution in [3.05, 3.63) is 69.2 Å². The number of hydrogen-bond acceptors (Lipinski definition) is 2. The maximum Gasteiger partial charge on any atom is 0.432 e. The second-order valence-electron chi connectivity index (χ2n) is 6.91. The first-order valence-corrected chi connectivity index (χ1v) is 9.91. The number of benzene rings is 2. The molecule has 1 aliphatic rings. The number of alkyl halides is 6. The van der Waals surface area contributed by atoms with Gasteiger partial charge in [0.05, 0.1) is 5.03 Å². The summed E-state index contributed by atoms with van der Waals surface area (Å²) in [5, 5.41) is 1.34. The van der Waals surface area contributed by atoms with Gasteiger partial charge in [-0.3, -0.25) is 4.79 Å². The average molecular weight is 519 g/mol. The largest absolute Gasteiger partial charge is 0.472 e.